The number of methoxy groups -OCH3 is 1. The maximum atomic E-state index is 5.40. The van der Waals surface area contributed by atoms with Gasteiger partial charge in [0.05, 0.1) is 24.9 Å². The van der Waals surface area contributed by atoms with Crippen LogP contribution in [-0.4, -0.2) is 43.1 Å². The van der Waals surface area contributed by atoms with E-state index in [1.165, 1.54) is 5.56 Å². The van der Waals surface area contributed by atoms with E-state index in [2.05, 4.69) is 16.5 Å². The number of nitrogens with one attached hydrogen (secondary N) is 1. The average molecular weight is 263 g/mol. The van der Waals surface area contributed by atoms with Crippen molar-refractivity contribution in [2.75, 3.05) is 33.5 Å². The molecular formula is C14H21N3O2. The highest BCUT2D eigenvalue weighted by molar-refractivity contribution is 5.53. The molecular weight excluding hydrogens is 242 g/mol. The smallest absolute Gasteiger partial charge is 0.0706 e. The Balaban J connectivity index is 1.63. The van der Waals surface area contributed by atoms with Gasteiger partial charge < -0.3 is 14.8 Å². The van der Waals surface area contributed by atoms with E-state index in [1.54, 1.807) is 7.11 Å². The molecule has 0 spiro atoms. The second-order valence-corrected chi connectivity index (χ2v) is 4.34. The minimum Gasteiger partial charge on any atom is -0.382 e. The number of fused-ring (bicyclic) bond motifs is 1. The first-order chi connectivity index (χ1) is 9.42. The summed E-state index contributed by atoms with van der Waals surface area (Å²) in [6.07, 6.45) is 4.88. The van der Waals surface area contributed by atoms with Crippen LogP contribution in [0.2, 0.25) is 0 Å². The van der Waals surface area contributed by atoms with Gasteiger partial charge in [-0.05, 0) is 25.1 Å². The van der Waals surface area contributed by atoms with Crippen molar-refractivity contribution in [2.24, 2.45) is 0 Å². The molecule has 0 saturated heterocycles. The Morgan fingerprint density at radius 2 is 2.21 bits per heavy atom. The van der Waals surface area contributed by atoms with Gasteiger partial charge in [0.15, 0.2) is 0 Å². The predicted octanol–water partition coefficient (Wildman–Crippen LogP) is 1.48. The summed E-state index contributed by atoms with van der Waals surface area (Å²) in [5.41, 5.74) is 2.38. The molecule has 0 aliphatic rings. The molecule has 0 bridgehead atoms. The molecule has 0 amide bonds. The Kier molecular flexibility index (Phi) is 5.81. The molecule has 0 saturated carbocycles. The minimum absolute atomic E-state index is 0.663. The summed E-state index contributed by atoms with van der Waals surface area (Å²) in [5.74, 6) is 0. The highest BCUT2D eigenvalue weighted by Gasteiger charge is 2.01. The standard InChI is InChI=1S/C14H21N3O2/c1-18-9-10-19-8-4-6-15-11-13-12-16-17-7-3-2-5-14(13)17/h2-3,5,7,12,15H,4,6,8-11H2,1H3. The molecule has 5 nitrogen and oxygen atoms in total. The zero-order chi connectivity index (χ0) is 13.3. The highest BCUT2D eigenvalue weighted by atomic mass is 16.5. The van der Waals surface area contributed by atoms with Gasteiger partial charge in [0.1, 0.15) is 0 Å². The van der Waals surface area contributed by atoms with Crippen LogP contribution in [-0.2, 0) is 16.0 Å². The third-order valence-corrected chi connectivity index (χ3v) is 2.90. The third kappa shape index (κ3) is 4.31. The van der Waals surface area contributed by atoms with Gasteiger partial charge in [0.2, 0.25) is 0 Å². The van der Waals surface area contributed by atoms with Crippen LogP contribution >= 0.6 is 0 Å². The highest BCUT2D eigenvalue weighted by Crippen LogP contribution is 2.08. The lowest BCUT2D eigenvalue weighted by Crippen LogP contribution is -2.16. The first-order valence-electron chi connectivity index (χ1n) is 6.60. The van der Waals surface area contributed by atoms with Crippen molar-refractivity contribution < 1.29 is 9.47 Å². The zero-order valence-corrected chi connectivity index (χ0v) is 11.3. The van der Waals surface area contributed by atoms with E-state index in [0.29, 0.717) is 13.2 Å². The summed E-state index contributed by atoms with van der Waals surface area (Å²) < 4.78 is 12.2. The normalized spacial score (nSPS) is 11.2. The van der Waals surface area contributed by atoms with Gasteiger partial charge in [-0.25, -0.2) is 4.52 Å². The second-order valence-electron chi connectivity index (χ2n) is 4.34. The van der Waals surface area contributed by atoms with Crippen LogP contribution in [0.5, 0.6) is 0 Å². The predicted molar refractivity (Wildman–Crippen MR) is 74.2 cm³/mol. The van der Waals surface area contributed by atoms with Crippen molar-refractivity contribution in [3.63, 3.8) is 0 Å². The summed E-state index contributed by atoms with van der Waals surface area (Å²) >= 11 is 0. The van der Waals surface area contributed by atoms with Crippen LogP contribution in [0, 0.1) is 0 Å². The van der Waals surface area contributed by atoms with E-state index in [-0.39, 0.29) is 0 Å². The summed E-state index contributed by atoms with van der Waals surface area (Å²) in [4.78, 5) is 0. The van der Waals surface area contributed by atoms with Gasteiger partial charge in [0.25, 0.3) is 0 Å². The lowest BCUT2D eigenvalue weighted by molar-refractivity contribution is 0.0695. The van der Waals surface area contributed by atoms with E-state index >= 15 is 0 Å². The summed E-state index contributed by atoms with van der Waals surface area (Å²) in [5, 5.41) is 7.71. The minimum atomic E-state index is 0.663. The quantitative estimate of drug-likeness (QED) is 0.696. The van der Waals surface area contributed by atoms with Gasteiger partial charge in [-0.15, -0.1) is 0 Å². The van der Waals surface area contributed by atoms with E-state index < -0.39 is 0 Å². The molecule has 0 aliphatic heterocycles. The Morgan fingerprint density at radius 3 is 3.11 bits per heavy atom. The second kappa shape index (κ2) is 7.89. The number of rotatable bonds is 9. The molecule has 2 aromatic rings. The van der Waals surface area contributed by atoms with E-state index in [1.807, 2.05) is 29.0 Å². The van der Waals surface area contributed by atoms with Crippen molar-refractivity contribution in [1.29, 1.82) is 0 Å². The van der Waals surface area contributed by atoms with Crippen LogP contribution in [0.15, 0.2) is 30.6 Å². The maximum absolute atomic E-state index is 5.40. The molecule has 0 aromatic carbocycles. The largest absolute Gasteiger partial charge is 0.382 e. The molecule has 5 heteroatoms. The van der Waals surface area contributed by atoms with Crippen LogP contribution in [0.4, 0.5) is 0 Å². The molecule has 19 heavy (non-hydrogen) atoms. The molecule has 2 heterocycles. The molecule has 0 radical (unpaired) electrons. The van der Waals surface area contributed by atoms with Crippen LogP contribution in [0.3, 0.4) is 0 Å². The third-order valence-electron chi connectivity index (χ3n) is 2.90. The van der Waals surface area contributed by atoms with Gasteiger partial charge in [0, 0.05) is 32.0 Å². The van der Waals surface area contributed by atoms with Crippen molar-refractivity contribution in [2.45, 2.75) is 13.0 Å². The van der Waals surface area contributed by atoms with Crippen LogP contribution in [0.25, 0.3) is 5.52 Å². The van der Waals surface area contributed by atoms with Gasteiger partial charge in [-0.3, -0.25) is 0 Å². The first kappa shape index (κ1) is 14.0. The fourth-order valence-electron chi connectivity index (χ4n) is 1.89. The first-order valence-corrected chi connectivity index (χ1v) is 6.60. The fourth-order valence-corrected chi connectivity index (χ4v) is 1.89. The lowest BCUT2D eigenvalue weighted by Gasteiger charge is -2.05. The number of ether oxygens (including phenoxy) is 2. The number of pyridine rings is 1. The molecule has 0 fully saturated rings. The monoisotopic (exact) mass is 263 g/mol. The van der Waals surface area contributed by atoms with Gasteiger partial charge in [-0.1, -0.05) is 6.07 Å². The Hall–Kier alpha value is -1.43. The Morgan fingerprint density at radius 1 is 1.26 bits per heavy atom. The zero-order valence-electron chi connectivity index (χ0n) is 11.3. The fraction of sp³-hybridized carbons (Fsp3) is 0.500. The van der Waals surface area contributed by atoms with Gasteiger partial charge in [-0.2, -0.15) is 5.10 Å². The molecule has 2 aromatic heterocycles. The van der Waals surface area contributed by atoms with Gasteiger partial charge >= 0.3 is 0 Å². The molecule has 1 N–H and O–H groups in total. The van der Waals surface area contributed by atoms with Crippen molar-refractivity contribution >= 4 is 5.52 Å². The summed E-state index contributed by atoms with van der Waals surface area (Å²) in [7, 11) is 1.68. The van der Waals surface area contributed by atoms with Crippen molar-refractivity contribution in [3.05, 3.63) is 36.2 Å². The molecule has 2 rings (SSSR count). The topological polar surface area (TPSA) is 47.8 Å². The van der Waals surface area contributed by atoms with Crippen molar-refractivity contribution in [1.82, 2.24) is 14.9 Å². The van der Waals surface area contributed by atoms with E-state index in [4.69, 9.17) is 9.47 Å². The number of nitrogens with zero attached hydrogens (tertiary/aromatic N) is 2. The van der Waals surface area contributed by atoms with Crippen LogP contribution < -0.4 is 5.32 Å². The van der Waals surface area contributed by atoms with E-state index in [0.717, 1.165) is 31.6 Å². The van der Waals surface area contributed by atoms with Crippen molar-refractivity contribution in [3.8, 4) is 0 Å². The molecule has 104 valence electrons. The van der Waals surface area contributed by atoms with Crippen LogP contribution in [0.1, 0.15) is 12.0 Å². The molecule has 0 aliphatic carbocycles. The Labute approximate surface area is 113 Å². The maximum Gasteiger partial charge on any atom is 0.0706 e. The number of hydrogen-bond acceptors (Lipinski definition) is 4. The Bertz CT molecular complexity index is 484. The average Bonchev–Trinajstić information content (AvgIpc) is 2.85. The van der Waals surface area contributed by atoms with E-state index in [9.17, 15) is 0 Å². The summed E-state index contributed by atoms with van der Waals surface area (Å²) in [6.45, 7) is 3.88. The number of hydrogen-bond donors (Lipinski definition) is 1. The number of aromatic nitrogens is 2. The SMILES string of the molecule is COCCOCCCNCc1cnn2ccccc12. The summed E-state index contributed by atoms with van der Waals surface area (Å²) in [6, 6.07) is 6.09. The lowest BCUT2D eigenvalue weighted by atomic mass is 10.2. The molecule has 0 unspecified atom stereocenters. The molecule has 0 atom stereocenters.